The van der Waals surface area contributed by atoms with Crippen molar-refractivity contribution in [2.75, 3.05) is 19.7 Å². The Bertz CT molecular complexity index is 983. The average Bonchev–Trinajstić information content (AvgIpc) is 3.17. The molecule has 1 saturated heterocycles. The van der Waals surface area contributed by atoms with Gasteiger partial charge in [0.05, 0.1) is 13.0 Å². The van der Waals surface area contributed by atoms with Crippen LogP contribution in [0, 0.1) is 17.6 Å². The molecule has 0 saturated carbocycles. The van der Waals surface area contributed by atoms with Gasteiger partial charge in [-0.25, -0.2) is 18.3 Å². The molecule has 4 rings (SSSR count). The van der Waals surface area contributed by atoms with Gasteiger partial charge < -0.3 is 9.64 Å². The third-order valence-electron chi connectivity index (χ3n) is 5.02. The number of ether oxygens (including phenoxy) is 1. The van der Waals surface area contributed by atoms with E-state index in [2.05, 4.69) is 10.1 Å². The lowest BCUT2D eigenvalue weighted by Gasteiger charge is -2.32. The van der Waals surface area contributed by atoms with Gasteiger partial charge in [-0.1, -0.05) is 6.07 Å². The number of piperidine rings is 1. The van der Waals surface area contributed by atoms with Gasteiger partial charge in [-0.05, 0) is 36.5 Å². The number of fused-ring (bicyclic) bond motifs is 1. The van der Waals surface area contributed by atoms with Gasteiger partial charge >= 0.3 is 0 Å². The van der Waals surface area contributed by atoms with E-state index in [4.69, 9.17) is 4.74 Å². The zero-order valence-corrected chi connectivity index (χ0v) is 15.2. The number of amides is 1. The molecule has 0 N–H and O–H groups in total. The first-order chi connectivity index (χ1) is 13.6. The Hall–Kier alpha value is -3.03. The lowest BCUT2D eigenvalue weighted by atomic mass is 9.97. The van der Waals surface area contributed by atoms with Crippen molar-refractivity contribution in [1.29, 1.82) is 0 Å². The molecule has 1 aliphatic rings. The van der Waals surface area contributed by atoms with Crippen molar-refractivity contribution in [3.05, 3.63) is 59.9 Å². The number of carbonyl (C=O) groups is 1. The maximum Gasteiger partial charge on any atom is 0.231 e. The van der Waals surface area contributed by atoms with Crippen molar-refractivity contribution >= 4 is 11.6 Å². The van der Waals surface area contributed by atoms with E-state index in [0.29, 0.717) is 31.5 Å². The van der Waals surface area contributed by atoms with Gasteiger partial charge in [0.15, 0.2) is 5.65 Å². The largest absolute Gasteiger partial charge is 0.476 e. The summed E-state index contributed by atoms with van der Waals surface area (Å²) in [4.78, 5) is 18.3. The molecular weight excluding hydrogens is 366 g/mol. The monoisotopic (exact) mass is 386 g/mol. The Morgan fingerprint density at radius 3 is 2.79 bits per heavy atom. The summed E-state index contributed by atoms with van der Waals surface area (Å²) in [7, 11) is 0. The normalized spacial score (nSPS) is 15.1. The highest BCUT2D eigenvalue weighted by molar-refractivity contribution is 5.78. The Kier molecular flexibility index (Phi) is 5.18. The minimum absolute atomic E-state index is 0.0535. The molecule has 1 fully saturated rings. The standard InChI is InChI=1S/C20H20F2N4O2/c21-16-2-1-15(17(22)12-16)11-20(27)25-8-5-14(6-9-25)13-28-19-4-3-18-23-7-10-26(18)24-19/h1-4,7,10,12,14H,5-6,8-9,11,13H2. The second-order valence-corrected chi connectivity index (χ2v) is 6.95. The molecule has 0 bridgehead atoms. The van der Waals surface area contributed by atoms with Gasteiger partial charge in [0, 0.05) is 37.6 Å². The lowest BCUT2D eigenvalue weighted by Crippen LogP contribution is -2.40. The summed E-state index contributed by atoms with van der Waals surface area (Å²) in [5, 5.41) is 4.33. The third-order valence-corrected chi connectivity index (χ3v) is 5.02. The minimum atomic E-state index is -0.681. The van der Waals surface area contributed by atoms with Gasteiger partial charge in [0.1, 0.15) is 11.6 Å². The van der Waals surface area contributed by atoms with E-state index in [1.165, 1.54) is 12.1 Å². The number of carbonyl (C=O) groups excluding carboxylic acids is 1. The summed E-state index contributed by atoms with van der Waals surface area (Å²) >= 11 is 0. The topological polar surface area (TPSA) is 59.7 Å². The molecule has 28 heavy (non-hydrogen) atoms. The molecule has 1 aromatic carbocycles. The molecule has 0 radical (unpaired) electrons. The van der Waals surface area contributed by atoms with Gasteiger partial charge in [0.25, 0.3) is 0 Å². The van der Waals surface area contributed by atoms with Crippen molar-refractivity contribution in [1.82, 2.24) is 19.5 Å². The number of nitrogens with zero attached hydrogens (tertiary/aromatic N) is 4. The van der Waals surface area contributed by atoms with E-state index >= 15 is 0 Å². The maximum atomic E-state index is 13.7. The highest BCUT2D eigenvalue weighted by Gasteiger charge is 2.24. The molecule has 3 aromatic rings. The number of rotatable bonds is 5. The summed E-state index contributed by atoms with van der Waals surface area (Å²) in [6, 6.07) is 6.94. The fourth-order valence-corrected chi connectivity index (χ4v) is 3.37. The van der Waals surface area contributed by atoms with E-state index < -0.39 is 11.6 Å². The van der Waals surface area contributed by atoms with Crippen LogP contribution in [0.15, 0.2) is 42.7 Å². The predicted octanol–water partition coefficient (Wildman–Crippen LogP) is 2.87. The maximum absolute atomic E-state index is 13.7. The number of likely N-dealkylation sites (tertiary alicyclic amines) is 1. The van der Waals surface area contributed by atoms with Gasteiger partial charge in [-0.2, -0.15) is 0 Å². The minimum Gasteiger partial charge on any atom is -0.476 e. The van der Waals surface area contributed by atoms with Gasteiger partial charge in [0.2, 0.25) is 11.8 Å². The van der Waals surface area contributed by atoms with Crippen molar-refractivity contribution in [2.45, 2.75) is 19.3 Å². The fourth-order valence-electron chi connectivity index (χ4n) is 3.37. The second kappa shape index (κ2) is 7.92. The summed E-state index contributed by atoms with van der Waals surface area (Å²) in [6.07, 6.45) is 5.00. The van der Waals surface area contributed by atoms with Crippen LogP contribution in [-0.2, 0) is 11.2 Å². The lowest BCUT2D eigenvalue weighted by molar-refractivity contribution is -0.132. The quantitative estimate of drug-likeness (QED) is 0.677. The Balaban J connectivity index is 1.26. The van der Waals surface area contributed by atoms with Crippen LogP contribution in [0.25, 0.3) is 5.65 Å². The summed E-state index contributed by atoms with van der Waals surface area (Å²) in [5.74, 6) is -0.602. The zero-order valence-electron chi connectivity index (χ0n) is 15.2. The molecule has 6 nitrogen and oxygen atoms in total. The van der Waals surface area contributed by atoms with Crippen LogP contribution in [0.4, 0.5) is 8.78 Å². The number of benzene rings is 1. The smallest absolute Gasteiger partial charge is 0.231 e. The Morgan fingerprint density at radius 1 is 1.18 bits per heavy atom. The fraction of sp³-hybridized carbons (Fsp3) is 0.350. The third kappa shape index (κ3) is 4.11. The number of aromatic nitrogens is 3. The van der Waals surface area contributed by atoms with Crippen LogP contribution in [0.1, 0.15) is 18.4 Å². The van der Waals surface area contributed by atoms with Crippen LogP contribution < -0.4 is 4.74 Å². The molecular formula is C20H20F2N4O2. The molecule has 0 atom stereocenters. The van der Waals surface area contributed by atoms with Crippen LogP contribution in [0.2, 0.25) is 0 Å². The van der Waals surface area contributed by atoms with Crippen LogP contribution in [-0.4, -0.2) is 45.1 Å². The molecule has 0 unspecified atom stereocenters. The number of imidazole rings is 1. The highest BCUT2D eigenvalue weighted by atomic mass is 19.1. The average molecular weight is 386 g/mol. The van der Waals surface area contributed by atoms with E-state index in [1.807, 2.05) is 6.07 Å². The second-order valence-electron chi connectivity index (χ2n) is 6.95. The number of halogens is 2. The van der Waals surface area contributed by atoms with Gasteiger partial charge in [-0.3, -0.25) is 4.79 Å². The number of hydrogen-bond acceptors (Lipinski definition) is 4. The van der Waals surface area contributed by atoms with Crippen LogP contribution in [0.3, 0.4) is 0 Å². The molecule has 0 spiro atoms. The molecule has 1 amide bonds. The summed E-state index contributed by atoms with van der Waals surface area (Å²) in [6.45, 7) is 1.73. The molecule has 2 aromatic heterocycles. The van der Waals surface area contributed by atoms with Crippen molar-refractivity contribution in [3.63, 3.8) is 0 Å². The first-order valence-electron chi connectivity index (χ1n) is 9.23. The van der Waals surface area contributed by atoms with E-state index in [1.54, 1.807) is 27.9 Å². The molecule has 146 valence electrons. The SMILES string of the molecule is O=C(Cc1ccc(F)cc1F)N1CCC(COc2ccc3nccn3n2)CC1. The Labute approximate surface area is 160 Å². The molecule has 8 heteroatoms. The van der Waals surface area contributed by atoms with E-state index in [0.717, 1.165) is 24.6 Å². The van der Waals surface area contributed by atoms with Crippen molar-refractivity contribution < 1.29 is 18.3 Å². The first-order valence-corrected chi connectivity index (χ1v) is 9.23. The molecule has 1 aliphatic heterocycles. The number of hydrogen-bond donors (Lipinski definition) is 0. The van der Waals surface area contributed by atoms with Crippen molar-refractivity contribution in [3.8, 4) is 5.88 Å². The Morgan fingerprint density at radius 2 is 2.00 bits per heavy atom. The molecule has 3 heterocycles. The highest BCUT2D eigenvalue weighted by Crippen LogP contribution is 2.20. The van der Waals surface area contributed by atoms with Crippen molar-refractivity contribution in [2.24, 2.45) is 5.92 Å². The van der Waals surface area contributed by atoms with E-state index in [9.17, 15) is 13.6 Å². The van der Waals surface area contributed by atoms with Crippen LogP contribution >= 0.6 is 0 Å². The summed E-state index contributed by atoms with van der Waals surface area (Å²) in [5.41, 5.74) is 0.981. The zero-order chi connectivity index (χ0) is 19.5. The van der Waals surface area contributed by atoms with E-state index in [-0.39, 0.29) is 17.9 Å². The van der Waals surface area contributed by atoms with Crippen LogP contribution in [0.5, 0.6) is 5.88 Å². The summed E-state index contributed by atoms with van der Waals surface area (Å²) < 4.78 is 34.2. The molecule has 0 aliphatic carbocycles. The predicted molar refractivity (Wildman–Crippen MR) is 97.8 cm³/mol. The first kappa shape index (κ1) is 18.3. The van der Waals surface area contributed by atoms with Gasteiger partial charge in [-0.15, -0.1) is 5.10 Å².